The number of aliphatic hydroxyl groups excluding tert-OH is 4. The molecule has 2 aromatic carbocycles. The number of nitrogens with zero attached hydrogens (tertiary/aromatic N) is 4. The number of nitriles is 2. The first-order valence-electron chi connectivity index (χ1n) is 25.0. The number of aliphatic hydroxyl groups is 4. The SMILES string of the molecule is CC1(C)CC=C(c2cc(C3C[C@](C)(CO)O[C@](C)(CO)C3)ccc2NC(=O)c2ncc(C#N)[nH]2)CC1.CC1(C)CC=C(c2cc(C3C[C@](C)(CO)O[C@](C)(CO)C3)ccc2NC(=O)c2ncc(C#N)[nH]2)CC1. The molecule has 384 valence electrons. The highest BCUT2D eigenvalue weighted by atomic mass is 16.5. The number of carbonyl (C=O) groups is 2. The smallest absolute Gasteiger partial charge is 0.291 e. The minimum absolute atomic E-state index is 0.0699. The maximum absolute atomic E-state index is 12.9. The molecule has 8 rings (SSSR count). The van der Waals surface area contributed by atoms with Crippen molar-refractivity contribution in [3.05, 3.63) is 106 Å². The Morgan fingerprint density at radius 1 is 0.611 bits per heavy atom. The minimum atomic E-state index is -0.751. The van der Waals surface area contributed by atoms with Crippen LogP contribution < -0.4 is 10.6 Å². The fourth-order valence-electron chi connectivity index (χ4n) is 10.8. The van der Waals surface area contributed by atoms with Gasteiger partial charge >= 0.3 is 0 Å². The molecule has 2 aliphatic carbocycles. The molecule has 4 aliphatic rings. The van der Waals surface area contributed by atoms with Crippen molar-refractivity contribution in [1.29, 1.82) is 10.5 Å². The Morgan fingerprint density at radius 3 is 1.24 bits per heavy atom. The predicted octanol–water partition coefficient (Wildman–Crippen LogP) is 9.05. The number of hydrogen-bond acceptors (Lipinski definition) is 12. The first kappa shape index (κ1) is 53.8. The second-order valence-corrected chi connectivity index (χ2v) is 23.1. The van der Waals surface area contributed by atoms with E-state index in [4.69, 9.17) is 20.0 Å². The molecule has 2 unspecified atom stereocenters. The summed E-state index contributed by atoms with van der Waals surface area (Å²) in [4.78, 5) is 39.3. The predicted molar refractivity (Wildman–Crippen MR) is 275 cm³/mol. The molecule has 0 spiro atoms. The van der Waals surface area contributed by atoms with Gasteiger partial charge in [0.25, 0.3) is 11.8 Å². The van der Waals surface area contributed by atoms with E-state index in [0.29, 0.717) is 37.1 Å². The van der Waals surface area contributed by atoms with E-state index in [1.54, 1.807) is 0 Å². The summed E-state index contributed by atoms with van der Waals surface area (Å²) in [7, 11) is 0. The Labute approximate surface area is 423 Å². The number of H-pyrrole nitrogens is 2. The van der Waals surface area contributed by atoms with Crippen LogP contribution in [0.1, 0.15) is 186 Å². The largest absolute Gasteiger partial charge is 0.393 e. The summed E-state index contributed by atoms with van der Waals surface area (Å²) in [6.07, 6.45) is 15.5. The van der Waals surface area contributed by atoms with Crippen LogP contribution in [-0.4, -0.2) is 101 Å². The second kappa shape index (κ2) is 21.2. The van der Waals surface area contributed by atoms with Crippen molar-refractivity contribution in [2.24, 2.45) is 10.8 Å². The molecule has 4 aromatic rings. The molecule has 2 aliphatic heterocycles. The van der Waals surface area contributed by atoms with Crippen LogP contribution in [0.5, 0.6) is 0 Å². The van der Waals surface area contributed by atoms with Crippen LogP contribution >= 0.6 is 0 Å². The highest BCUT2D eigenvalue weighted by Crippen LogP contribution is 2.48. The van der Waals surface area contributed by atoms with Crippen molar-refractivity contribution in [3.63, 3.8) is 0 Å². The molecular weight excluding hydrogens is 913 g/mol. The number of allylic oxidation sites excluding steroid dienone is 4. The summed E-state index contributed by atoms with van der Waals surface area (Å²) in [6.45, 7) is 16.0. The molecule has 4 heterocycles. The van der Waals surface area contributed by atoms with E-state index in [1.165, 1.54) is 23.5 Å². The van der Waals surface area contributed by atoms with Gasteiger partial charge in [0.05, 0.1) is 61.2 Å². The molecule has 72 heavy (non-hydrogen) atoms. The van der Waals surface area contributed by atoms with E-state index in [0.717, 1.165) is 60.8 Å². The monoisotopic (exact) mass is 985 g/mol. The van der Waals surface area contributed by atoms with E-state index in [9.17, 15) is 30.0 Å². The summed E-state index contributed by atoms with van der Waals surface area (Å²) >= 11 is 0. The van der Waals surface area contributed by atoms with Gasteiger partial charge in [0.1, 0.15) is 23.5 Å². The number of carbonyl (C=O) groups excluding carboxylic acids is 2. The number of imidazole rings is 2. The number of nitrogens with one attached hydrogen (secondary N) is 4. The van der Waals surface area contributed by atoms with Crippen molar-refractivity contribution < 1.29 is 39.5 Å². The lowest BCUT2D eigenvalue weighted by Gasteiger charge is -2.47. The first-order chi connectivity index (χ1) is 34.0. The van der Waals surface area contributed by atoms with Gasteiger partial charge in [-0.05, 0) is 161 Å². The van der Waals surface area contributed by atoms with Gasteiger partial charge in [0.15, 0.2) is 11.6 Å². The molecule has 2 aromatic heterocycles. The van der Waals surface area contributed by atoms with Gasteiger partial charge in [-0.15, -0.1) is 0 Å². The number of aromatic amines is 2. The van der Waals surface area contributed by atoms with E-state index in [-0.39, 0.29) is 72.1 Å². The van der Waals surface area contributed by atoms with Gasteiger partial charge in [-0.1, -0.05) is 52.0 Å². The second-order valence-electron chi connectivity index (χ2n) is 23.1. The highest BCUT2D eigenvalue weighted by molar-refractivity contribution is 6.04. The van der Waals surface area contributed by atoms with Crippen LogP contribution in [0.3, 0.4) is 0 Å². The molecular formula is C56H72N8O8. The van der Waals surface area contributed by atoms with Crippen LogP contribution in [-0.2, 0) is 9.47 Å². The zero-order valence-electron chi connectivity index (χ0n) is 43.0. The molecule has 16 heteroatoms. The third kappa shape index (κ3) is 12.6. The first-order valence-corrected chi connectivity index (χ1v) is 25.0. The Balaban J connectivity index is 0.000000211. The number of ether oxygens (including phenoxy) is 2. The maximum Gasteiger partial charge on any atom is 0.291 e. The Bertz CT molecular complexity index is 2570. The zero-order valence-corrected chi connectivity index (χ0v) is 43.0. The lowest BCUT2D eigenvalue weighted by atomic mass is 9.74. The average molecular weight is 985 g/mol. The highest BCUT2D eigenvalue weighted by Gasteiger charge is 2.46. The fraction of sp³-hybridized carbons (Fsp3) is 0.536. The van der Waals surface area contributed by atoms with Crippen molar-refractivity contribution >= 4 is 34.3 Å². The van der Waals surface area contributed by atoms with E-state index in [1.807, 2.05) is 64.1 Å². The van der Waals surface area contributed by atoms with Crippen molar-refractivity contribution in [3.8, 4) is 12.1 Å². The van der Waals surface area contributed by atoms with E-state index < -0.39 is 34.2 Å². The summed E-state index contributed by atoms with van der Waals surface area (Å²) < 4.78 is 12.2. The molecule has 2 amide bonds. The fourth-order valence-corrected chi connectivity index (χ4v) is 10.8. The van der Waals surface area contributed by atoms with Gasteiger partial charge in [-0.3, -0.25) is 9.59 Å². The third-order valence-corrected chi connectivity index (χ3v) is 15.0. The van der Waals surface area contributed by atoms with Crippen LogP contribution in [0.2, 0.25) is 0 Å². The minimum Gasteiger partial charge on any atom is -0.393 e. The lowest BCUT2D eigenvalue weighted by molar-refractivity contribution is -0.208. The van der Waals surface area contributed by atoms with Crippen LogP contribution in [0, 0.1) is 33.5 Å². The van der Waals surface area contributed by atoms with Crippen LogP contribution in [0.15, 0.2) is 60.9 Å². The van der Waals surface area contributed by atoms with E-state index >= 15 is 0 Å². The van der Waals surface area contributed by atoms with Gasteiger partial charge in [0, 0.05) is 22.5 Å². The molecule has 0 bridgehead atoms. The Kier molecular flexibility index (Phi) is 15.9. The number of hydrogen-bond donors (Lipinski definition) is 8. The quantitative estimate of drug-likeness (QED) is 0.0661. The Morgan fingerprint density at radius 2 is 0.958 bits per heavy atom. The molecule has 2 fully saturated rings. The molecule has 2 saturated heterocycles. The molecule has 6 atom stereocenters. The number of anilines is 2. The van der Waals surface area contributed by atoms with Gasteiger partial charge in [0.2, 0.25) is 0 Å². The van der Waals surface area contributed by atoms with E-state index in [2.05, 4.69) is 82.5 Å². The summed E-state index contributed by atoms with van der Waals surface area (Å²) in [5, 5.41) is 64.2. The summed E-state index contributed by atoms with van der Waals surface area (Å²) in [5.41, 5.74) is 5.77. The molecule has 0 saturated carbocycles. The standard InChI is InChI=1S/2C28H36N4O4/c2*1-26(2)9-7-18(8-10-26)22-11-19(20-12-27(3,16-33)36-28(4,13-20)17-34)5-6-23(22)32-25(35)24-30-15-21(14-29)31-24/h2*5-7,11,15,20,33-34H,8-10,12-13,16-17H2,1-4H3,(H,30,31)(H,32,35)/t2*20?,27-,28+. The van der Waals surface area contributed by atoms with Gasteiger partial charge < -0.3 is 50.5 Å². The normalized spacial score (nSPS) is 27.7. The zero-order chi connectivity index (χ0) is 52.3. The van der Waals surface area contributed by atoms with Gasteiger partial charge in [-0.25, -0.2) is 9.97 Å². The summed E-state index contributed by atoms with van der Waals surface area (Å²) in [5.74, 6) is -0.506. The average Bonchev–Trinajstić information content (AvgIpc) is 4.06. The van der Waals surface area contributed by atoms with Crippen molar-refractivity contribution in [2.75, 3.05) is 37.1 Å². The Hall–Kier alpha value is -5.98. The third-order valence-electron chi connectivity index (χ3n) is 15.0. The molecule has 8 N–H and O–H groups in total. The number of amides is 2. The van der Waals surface area contributed by atoms with Crippen molar-refractivity contribution in [1.82, 2.24) is 19.9 Å². The summed E-state index contributed by atoms with van der Waals surface area (Å²) in [6, 6.07) is 16.0. The van der Waals surface area contributed by atoms with Crippen molar-refractivity contribution in [2.45, 2.75) is 154 Å². The topological polar surface area (TPSA) is 263 Å². The number of rotatable bonds is 12. The van der Waals surface area contributed by atoms with Gasteiger partial charge in [-0.2, -0.15) is 10.5 Å². The molecule has 16 nitrogen and oxygen atoms in total. The van der Waals surface area contributed by atoms with Crippen LogP contribution in [0.25, 0.3) is 11.1 Å². The number of benzene rings is 2. The maximum atomic E-state index is 12.9. The van der Waals surface area contributed by atoms with Crippen LogP contribution in [0.4, 0.5) is 11.4 Å². The number of aromatic nitrogens is 4. The lowest BCUT2D eigenvalue weighted by Crippen LogP contribution is -2.51. The molecule has 0 radical (unpaired) electrons.